The van der Waals surface area contributed by atoms with Gasteiger partial charge in [0.05, 0.1) is 16.8 Å². The summed E-state index contributed by atoms with van der Waals surface area (Å²) in [6, 6.07) is 7.41. The second-order valence-electron chi connectivity index (χ2n) is 5.99. The molecule has 118 valence electrons. The number of hydrogen-bond acceptors (Lipinski definition) is 4. The van der Waals surface area contributed by atoms with E-state index in [9.17, 15) is 8.42 Å². The zero-order chi connectivity index (χ0) is 15.6. The Bertz CT molecular complexity index is 729. The minimum atomic E-state index is -3.36. The zero-order valence-electron chi connectivity index (χ0n) is 12.8. The summed E-state index contributed by atoms with van der Waals surface area (Å²) in [5.74, 6) is 0.481. The van der Waals surface area contributed by atoms with Gasteiger partial charge < -0.3 is 0 Å². The molecule has 5 nitrogen and oxygen atoms in total. The molecule has 0 radical (unpaired) electrons. The average molecular weight is 319 g/mol. The highest BCUT2D eigenvalue weighted by Gasteiger charge is 2.19. The standard InChI is InChI=1S/C16H21N3O2S/c1-19-17-11-15(18-19)12-22(20,21)16-9-7-14(8-10-16)13-5-3-2-4-6-13/h7-11,13H,2-6,12H2,1H3. The molecule has 1 aromatic heterocycles. The minimum absolute atomic E-state index is 0.108. The molecule has 1 aromatic carbocycles. The average Bonchev–Trinajstić information content (AvgIpc) is 2.93. The van der Waals surface area contributed by atoms with Crippen LogP contribution in [0, 0.1) is 0 Å². The molecule has 1 saturated carbocycles. The van der Waals surface area contributed by atoms with E-state index in [0.717, 1.165) is 0 Å². The van der Waals surface area contributed by atoms with E-state index in [2.05, 4.69) is 10.2 Å². The van der Waals surface area contributed by atoms with Crippen molar-refractivity contribution < 1.29 is 8.42 Å². The summed E-state index contributed by atoms with van der Waals surface area (Å²) in [4.78, 5) is 1.73. The van der Waals surface area contributed by atoms with Gasteiger partial charge in [0.1, 0.15) is 5.75 Å². The highest BCUT2D eigenvalue weighted by molar-refractivity contribution is 7.90. The molecule has 22 heavy (non-hydrogen) atoms. The first-order valence-corrected chi connectivity index (χ1v) is 9.38. The van der Waals surface area contributed by atoms with Crippen LogP contribution in [0.5, 0.6) is 0 Å². The summed E-state index contributed by atoms with van der Waals surface area (Å²) in [5, 5.41) is 7.95. The summed E-state index contributed by atoms with van der Waals surface area (Å²) in [7, 11) is -1.69. The quantitative estimate of drug-likeness (QED) is 0.869. The normalized spacial score (nSPS) is 16.8. The molecule has 0 spiro atoms. The lowest BCUT2D eigenvalue weighted by Crippen LogP contribution is -2.08. The van der Waals surface area contributed by atoms with E-state index in [-0.39, 0.29) is 5.75 Å². The maximum atomic E-state index is 12.4. The molecule has 0 saturated heterocycles. The summed E-state index contributed by atoms with van der Waals surface area (Å²) in [6.07, 6.45) is 7.79. The van der Waals surface area contributed by atoms with Gasteiger partial charge in [-0.05, 0) is 36.5 Å². The maximum absolute atomic E-state index is 12.4. The number of aryl methyl sites for hydroxylation is 1. The third-order valence-corrected chi connectivity index (χ3v) is 5.97. The Balaban J connectivity index is 1.76. The van der Waals surface area contributed by atoms with Crippen LogP contribution in [0.4, 0.5) is 0 Å². The number of aromatic nitrogens is 3. The van der Waals surface area contributed by atoms with Crippen LogP contribution >= 0.6 is 0 Å². The molecule has 1 heterocycles. The molecule has 2 aromatic rings. The Morgan fingerprint density at radius 1 is 1.14 bits per heavy atom. The maximum Gasteiger partial charge on any atom is 0.184 e. The summed E-state index contributed by atoms with van der Waals surface area (Å²) < 4.78 is 24.8. The smallest absolute Gasteiger partial charge is 0.184 e. The lowest BCUT2D eigenvalue weighted by Gasteiger charge is -2.22. The first-order chi connectivity index (χ1) is 10.5. The SMILES string of the molecule is Cn1ncc(CS(=O)(=O)c2ccc(C3CCCCC3)cc2)n1. The van der Waals surface area contributed by atoms with Crippen molar-refractivity contribution in [3.63, 3.8) is 0 Å². The van der Waals surface area contributed by atoms with Crippen LogP contribution in [0.2, 0.25) is 0 Å². The van der Waals surface area contributed by atoms with Crippen LogP contribution in [0.3, 0.4) is 0 Å². The van der Waals surface area contributed by atoms with Crippen LogP contribution in [0.15, 0.2) is 35.4 Å². The molecule has 3 rings (SSSR count). The first-order valence-electron chi connectivity index (χ1n) is 7.72. The predicted molar refractivity (Wildman–Crippen MR) is 84.2 cm³/mol. The second kappa shape index (κ2) is 6.20. The van der Waals surface area contributed by atoms with Crippen LogP contribution in [-0.2, 0) is 22.6 Å². The number of sulfone groups is 1. The van der Waals surface area contributed by atoms with Gasteiger partial charge in [-0.15, -0.1) is 0 Å². The largest absolute Gasteiger partial charge is 0.223 e. The van der Waals surface area contributed by atoms with Crippen molar-refractivity contribution in [2.45, 2.75) is 48.7 Å². The Morgan fingerprint density at radius 2 is 1.82 bits per heavy atom. The number of nitrogens with zero attached hydrogens (tertiary/aromatic N) is 3. The van der Waals surface area contributed by atoms with E-state index in [4.69, 9.17) is 0 Å². The third kappa shape index (κ3) is 3.38. The monoisotopic (exact) mass is 319 g/mol. The summed E-state index contributed by atoms with van der Waals surface area (Å²) in [6.45, 7) is 0. The molecule has 0 bridgehead atoms. The molecule has 0 aliphatic heterocycles. The Labute approximate surface area is 131 Å². The van der Waals surface area contributed by atoms with Gasteiger partial charge >= 0.3 is 0 Å². The van der Waals surface area contributed by atoms with Crippen molar-refractivity contribution in [1.82, 2.24) is 15.0 Å². The van der Waals surface area contributed by atoms with Gasteiger partial charge in [-0.25, -0.2) is 8.42 Å². The van der Waals surface area contributed by atoms with Crippen molar-refractivity contribution in [2.24, 2.45) is 7.05 Å². The molecule has 0 unspecified atom stereocenters. The molecule has 0 amide bonds. The molecule has 1 aliphatic carbocycles. The van der Waals surface area contributed by atoms with Crippen molar-refractivity contribution in [2.75, 3.05) is 0 Å². The van der Waals surface area contributed by atoms with Crippen LogP contribution in [-0.4, -0.2) is 23.4 Å². The van der Waals surface area contributed by atoms with Gasteiger partial charge in [-0.2, -0.15) is 15.0 Å². The van der Waals surface area contributed by atoms with Crippen molar-refractivity contribution in [1.29, 1.82) is 0 Å². The topological polar surface area (TPSA) is 64.8 Å². The van der Waals surface area contributed by atoms with Gasteiger partial charge in [-0.3, -0.25) is 0 Å². The van der Waals surface area contributed by atoms with E-state index in [1.54, 1.807) is 19.2 Å². The van der Waals surface area contributed by atoms with Gasteiger partial charge in [-0.1, -0.05) is 31.4 Å². The summed E-state index contributed by atoms with van der Waals surface area (Å²) >= 11 is 0. The molecule has 1 aliphatic rings. The van der Waals surface area contributed by atoms with Gasteiger partial charge in [0.2, 0.25) is 0 Å². The van der Waals surface area contributed by atoms with Crippen LogP contribution in [0.25, 0.3) is 0 Å². The highest BCUT2D eigenvalue weighted by Crippen LogP contribution is 2.33. The van der Waals surface area contributed by atoms with E-state index in [0.29, 0.717) is 16.5 Å². The minimum Gasteiger partial charge on any atom is -0.223 e. The van der Waals surface area contributed by atoms with E-state index < -0.39 is 9.84 Å². The second-order valence-corrected chi connectivity index (χ2v) is 7.98. The molecular weight excluding hydrogens is 298 g/mol. The lowest BCUT2D eigenvalue weighted by atomic mass is 9.84. The molecule has 0 N–H and O–H groups in total. The van der Waals surface area contributed by atoms with Gasteiger partial charge in [0.15, 0.2) is 9.84 Å². The fourth-order valence-electron chi connectivity index (χ4n) is 3.12. The summed E-state index contributed by atoms with van der Waals surface area (Å²) in [5.41, 5.74) is 1.73. The van der Waals surface area contributed by atoms with Crippen LogP contribution in [0.1, 0.15) is 49.3 Å². The molecule has 1 fully saturated rings. The van der Waals surface area contributed by atoms with E-state index in [1.807, 2.05) is 12.1 Å². The van der Waals surface area contributed by atoms with E-state index in [1.165, 1.54) is 48.7 Å². The van der Waals surface area contributed by atoms with Crippen molar-refractivity contribution in [3.05, 3.63) is 41.7 Å². The Hall–Kier alpha value is -1.69. The fraction of sp³-hybridized carbons (Fsp3) is 0.500. The highest BCUT2D eigenvalue weighted by atomic mass is 32.2. The fourth-order valence-corrected chi connectivity index (χ4v) is 4.35. The van der Waals surface area contributed by atoms with Crippen molar-refractivity contribution in [3.8, 4) is 0 Å². The van der Waals surface area contributed by atoms with Crippen LogP contribution < -0.4 is 0 Å². The van der Waals surface area contributed by atoms with Crippen molar-refractivity contribution >= 4 is 9.84 Å². The number of benzene rings is 1. The Kier molecular flexibility index (Phi) is 4.29. The molecular formula is C16H21N3O2S. The number of rotatable bonds is 4. The predicted octanol–water partition coefficient (Wildman–Crippen LogP) is 2.84. The Morgan fingerprint density at radius 3 is 2.41 bits per heavy atom. The number of hydrogen-bond donors (Lipinski definition) is 0. The lowest BCUT2D eigenvalue weighted by molar-refractivity contribution is 0.443. The molecule has 6 heteroatoms. The molecule has 0 atom stereocenters. The van der Waals surface area contributed by atoms with Gasteiger partial charge in [0.25, 0.3) is 0 Å². The third-order valence-electron chi connectivity index (χ3n) is 4.30. The van der Waals surface area contributed by atoms with E-state index >= 15 is 0 Å². The zero-order valence-corrected chi connectivity index (χ0v) is 13.6. The first kappa shape index (κ1) is 15.2. The van der Waals surface area contributed by atoms with Gasteiger partial charge in [0, 0.05) is 7.05 Å².